The maximum atomic E-state index is 12.5. The van der Waals surface area contributed by atoms with E-state index in [1.807, 2.05) is 5.38 Å². The average Bonchev–Trinajstić information content (AvgIpc) is 3.19. The van der Waals surface area contributed by atoms with Crippen molar-refractivity contribution in [2.24, 2.45) is 4.99 Å². The number of hydrogen-bond acceptors (Lipinski definition) is 5. The molecule has 2 aromatic rings. The number of thiazole rings is 2. The van der Waals surface area contributed by atoms with Gasteiger partial charge in [-0.2, -0.15) is 13.2 Å². The Hall–Kier alpha value is -1.68. The molecule has 0 spiro atoms. The molecule has 132 valence electrons. The van der Waals surface area contributed by atoms with Crippen LogP contribution in [0.15, 0.2) is 15.8 Å². The molecule has 24 heavy (non-hydrogen) atoms. The highest BCUT2D eigenvalue weighted by Gasteiger charge is 2.33. The molecule has 2 rings (SSSR count). The van der Waals surface area contributed by atoms with Gasteiger partial charge in [0.25, 0.3) is 0 Å². The molecule has 0 fully saturated rings. The van der Waals surface area contributed by atoms with Crippen LogP contribution in [0.4, 0.5) is 13.2 Å². The first kappa shape index (κ1) is 18.7. The highest BCUT2D eigenvalue weighted by atomic mass is 32.1. The zero-order valence-electron chi connectivity index (χ0n) is 13.3. The van der Waals surface area contributed by atoms with E-state index in [0.29, 0.717) is 30.5 Å². The first-order chi connectivity index (χ1) is 11.4. The highest BCUT2D eigenvalue weighted by molar-refractivity contribution is 7.09. The van der Waals surface area contributed by atoms with E-state index >= 15 is 0 Å². The van der Waals surface area contributed by atoms with Crippen LogP contribution in [0.3, 0.4) is 0 Å². The molecule has 0 saturated carbocycles. The number of halogens is 3. The summed E-state index contributed by atoms with van der Waals surface area (Å²) in [5, 5.41) is 10.7. The van der Waals surface area contributed by atoms with Crippen LogP contribution in [-0.2, 0) is 25.6 Å². The van der Waals surface area contributed by atoms with Crippen LogP contribution in [0.25, 0.3) is 0 Å². The Kier molecular flexibility index (Phi) is 6.55. The van der Waals surface area contributed by atoms with Crippen molar-refractivity contribution in [3.63, 3.8) is 0 Å². The third-order valence-corrected chi connectivity index (χ3v) is 4.99. The average molecular weight is 377 g/mol. The van der Waals surface area contributed by atoms with E-state index in [2.05, 4.69) is 32.5 Å². The second-order valence-corrected chi connectivity index (χ2v) is 6.70. The molecule has 0 aliphatic carbocycles. The number of aliphatic imine (C=N–C) groups is 1. The number of aryl methyl sites for hydroxylation is 1. The van der Waals surface area contributed by atoms with E-state index < -0.39 is 11.9 Å². The molecular formula is C14H18F3N5S2. The number of guanidine groups is 1. The Morgan fingerprint density at radius 1 is 1.17 bits per heavy atom. The van der Waals surface area contributed by atoms with Crippen molar-refractivity contribution in [2.45, 2.75) is 32.5 Å². The molecule has 0 aliphatic heterocycles. The van der Waals surface area contributed by atoms with Crippen molar-refractivity contribution in [1.29, 1.82) is 0 Å². The van der Waals surface area contributed by atoms with Gasteiger partial charge in [-0.25, -0.2) is 9.97 Å². The normalized spacial score (nSPS) is 12.5. The summed E-state index contributed by atoms with van der Waals surface area (Å²) >= 11 is 2.63. The SMILES string of the molecule is CCc1nc(CNC(=NC)NCCc2nc(C(F)(F)F)cs2)cs1. The van der Waals surface area contributed by atoms with Gasteiger partial charge in [0.15, 0.2) is 11.7 Å². The van der Waals surface area contributed by atoms with Gasteiger partial charge < -0.3 is 10.6 Å². The number of nitrogens with zero attached hydrogens (tertiary/aromatic N) is 3. The molecule has 0 aromatic carbocycles. The fourth-order valence-corrected chi connectivity index (χ4v) is 3.38. The molecule has 0 atom stereocenters. The lowest BCUT2D eigenvalue weighted by atomic mass is 10.4. The Balaban J connectivity index is 1.76. The van der Waals surface area contributed by atoms with Crippen LogP contribution in [0, 0.1) is 0 Å². The predicted octanol–water partition coefficient (Wildman–Crippen LogP) is 3.09. The van der Waals surface area contributed by atoms with Crippen molar-refractivity contribution in [1.82, 2.24) is 20.6 Å². The number of alkyl halides is 3. The quantitative estimate of drug-likeness (QED) is 0.600. The van der Waals surface area contributed by atoms with Gasteiger partial charge in [0.05, 0.1) is 22.3 Å². The standard InChI is InChI=1S/C14H18F3N5S2/c1-3-11-21-9(7-23-11)6-20-13(18-2)19-5-4-12-22-10(8-24-12)14(15,16)17/h7-8H,3-6H2,1-2H3,(H2,18,19,20). The van der Waals surface area contributed by atoms with Gasteiger partial charge in [-0.05, 0) is 6.42 Å². The maximum absolute atomic E-state index is 12.5. The van der Waals surface area contributed by atoms with Crippen LogP contribution < -0.4 is 10.6 Å². The molecule has 0 aliphatic rings. The van der Waals surface area contributed by atoms with Crippen molar-refractivity contribution < 1.29 is 13.2 Å². The molecule has 2 heterocycles. The number of aromatic nitrogens is 2. The molecule has 0 saturated heterocycles. The summed E-state index contributed by atoms with van der Waals surface area (Å²) in [6, 6.07) is 0. The van der Waals surface area contributed by atoms with E-state index in [0.717, 1.165) is 33.8 Å². The summed E-state index contributed by atoms with van der Waals surface area (Å²) in [5.41, 5.74) is 0.106. The molecule has 0 bridgehead atoms. The smallest absolute Gasteiger partial charge is 0.356 e. The van der Waals surface area contributed by atoms with Crippen LogP contribution in [-0.4, -0.2) is 29.5 Å². The van der Waals surface area contributed by atoms with E-state index in [1.54, 1.807) is 18.4 Å². The first-order valence-electron chi connectivity index (χ1n) is 7.31. The van der Waals surface area contributed by atoms with Crippen LogP contribution in [0.1, 0.15) is 28.3 Å². The van der Waals surface area contributed by atoms with Crippen LogP contribution >= 0.6 is 22.7 Å². The summed E-state index contributed by atoms with van der Waals surface area (Å²) in [5.74, 6) is 0.577. The molecule has 0 radical (unpaired) electrons. The van der Waals surface area contributed by atoms with E-state index in [-0.39, 0.29) is 0 Å². The van der Waals surface area contributed by atoms with Gasteiger partial charge in [0.2, 0.25) is 0 Å². The van der Waals surface area contributed by atoms with Crippen molar-refractivity contribution in [2.75, 3.05) is 13.6 Å². The fourth-order valence-electron chi connectivity index (χ4n) is 1.83. The van der Waals surface area contributed by atoms with Crippen molar-refractivity contribution >= 4 is 28.6 Å². The maximum Gasteiger partial charge on any atom is 0.434 e. The molecule has 0 unspecified atom stereocenters. The third-order valence-electron chi connectivity index (χ3n) is 3.04. The highest BCUT2D eigenvalue weighted by Crippen LogP contribution is 2.29. The first-order valence-corrected chi connectivity index (χ1v) is 9.07. The van der Waals surface area contributed by atoms with Gasteiger partial charge >= 0.3 is 6.18 Å². The Morgan fingerprint density at radius 2 is 1.92 bits per heavy atom. The Morgan fingerprint density at radius 3 is 2.50 bits per heavy atom. The lowest BCUT2D eigenvalue weighted by molar-refractivity contribution is -0.140. The summed E-state index contributed by atoms with van der Waals surface area (Å²) in [6.07, 6.45) is -3.08. The molecule has 2 N–H and O–H groups in total. The summed E-state index contributed by atoms with van der Waals surface area (Å²) in [7, 11) is 1.64. The van der Waals surface area contributed by atoms with Crippen molar-refractivity contribution in [3.05, 3.63) is 32.2 Å². The summed E-state index contributed by atoms with van der Waals surface area (Å²) in [4.78, 5) is 12.1. The van der Waals surface area contributed by atoms with Gasteiger partial charge in [-0.15, -0.1) is 22.7 Å². The summed E-state index contributed by atoms with van der Waals surface area (Å²) < 4.78 is 37.5. The molecule has 10 heteroatoms. The van der Waals surface area contributed by atoms with Gasteiger partial charge in [0, 0.05) is 30.8 Å². The minimum Gasteiger partial charge on any atom is -0.356 e. The number of rotatable bonds is 6. The molecule has 5 nitrogen and oxygen atoms in total. The van der Waals surface area contributed by atoms with Gasteiger partial charge in [-0.3, -0.25) is 4.99 Å². The Bertz CT molecular complexity index is 678. The van der Waals surface area contributed by atoms with Crippen LogP contribution in [0.5, 0.6) is 0 Å². The molecular weight excluding hydrogens is 359 g/mol. The van der Waals surface area contributed by atoms with Crippen molar-refractivity contribution in [3.8, 4) is 0 Å². The lowest BCUT2D eigenvalue weighted by Gasteiger charge is -2.10. The van der Waals surface area contributed by atoms with E-state index in [1.165, 1.54) is 0 Å². The topological polar surface area (TPSA) is 62.2 Å². The zero-order chi connectivity index (χ0) is 17.6. The third kappa shape index (κ3) is 5.45. The lowest BCUT2D eigenvalue weighted by Crippen LogP contribution is -2.37. The second kappa shape index (κ2) is 8.43. The van der Waals surface area contributed by atoms with Gasteiger partial charge in [-0.1, -0.05) is 6.92 Å². The number of nitrogens with one attached hydrogen (secondary N) is 2. The molecule has 0 amide bonds. The minimum absolute atomic E-state index is 0.401. The Labute approximate surface area is 146 Å². The number of hydrogen-bond donors (Lipinski definition) is 2. The minimum atomic E-state index is -4.38. The van der Waals surface area contributed by atoms with E-state index in [9.17, 15) is 13.2 Å². The zero-order valence-corrected chi connectivity index (χ0v) is 14.9. The van der Waals surface area contributed by atoms with E-state index in [4.69, 9.17) is 0 Å². The predicted molar refractivity (Wildman–Crippen MR) is 90.5 cm³/mol. The second-order valence-electron chi connectivity index (χ2n) is 4.81. The monoisotopic (exact) mass is 377 g/mol. The van der Waals surface area contributed by atoms with Crippen LogP contribution in [0.2, 0.25) is 0 Å². The molecule has 2 aromatic heterocycles. The largest absolute Gasteiger partial charge is 0.434 e. The summed E-state index contributed by atoms with van der Waals surface area (Å²) in [6.45, 7) is 3.05. The fraction of sp³-hybridized carbons (Fsp3) is 0.500. The van der Waals surface area contributed by atoms with Gasteiger partial charge in [0.1, 0.15) is 0 Å².